The molecule has 6 nitrogen and oxygen atoms in total. The van der Waals surface area contributed by atoms with Crippen molar-refractivity contribution in [3.63, 3.8) is 0 Å². The van der Waals surface area contributed by atoms with Crippen LogP contribution in [-0.4, -0.2) is 58.5 Å². The molecule has 0 spiro atoms. The molecule has 0 saturated carbocycles. The zero-order valence-electron chi connectivity index (χ0n) is 11.1. The normalized spacial score (nSPS) is 16.7. The third kappa shape index (κ3) is 3.33. The van der Waals surface area contributed by atoms with Crippen molar-refractivity contribution in [3.05, 3.63) is 25.9 Å². The van der Waals surface area contributed by atoms with Crippen LogP contribution in [-0.2, 0) is 11.3 Å². The first-order valence-electron chi connectivity index (χ1n) is 6.17. The molecule has 1 saturated heterocycles. The van der Waals surface area contributed by atoms with Crippen molar-refractivity contribution < 1.29 is 4.79 Å². The lowest BCUT2D eigenvalue weighted by atomic mass is 10.3. The first-order chi connectivity index (χ1) is 8.99. The van der Waals surface area contributed by atoms with Crippen LogP contribution in [0.1, 0.15) is 5.69 Å². The number of carbonyl (C=O) groups excluding carboxylic acids is 1. The highest BCUT2D eigenvalue weighted by Gasteiger charge is 2.19. The van der Waals surface area contributed by atoms with Crippen LogP contribution in [0.2, 0.25) is 0 Å². The van der Waals surface area contributed by atoms with Gasteiger partial charge in [-0.15, -0.1) is 0 Å². The second-order valence-electron chi connectivity index (χ2n) is 4.76. The quantitative estimate of drug-likeness (QED) is 0.679. The van der Waals surface area contributed by atoms with Crippen LogP contribution in [0.4, 0.5) is 0 Å². The molecule has 1 aliphatic rings. The van der Waals surface area contributed by atoms with Crippen LogP contribution in [0.25, 0.3) is 0 Å². The van der Waals surface area contributed by atoms with Crippen LogP contribution >= 0.6 is 22.6 Å². The smallest absolute Gasteiger partial charge is 0.267 e. The largest absolute Gasteiger partial charge is 0.339 e. The minimum atomic E-state index is -0.143. The number of aromatic nitrogens is 2. The molecule has 7 heteroatoms. The molecule has 2 heterocycles. The van der Waals surface area contributed by atoms with E-state index in [0.29, 0.717) is 9.26 Å². The predicted octanol–water partition coefficient (Wildman–Crippen LogP) is -0.0697. The number of hydrogen-bond donors (Lipinski definition) is 0. The number of carbonyl (C=O) groups is 1. The molecule has 0 aromatic carbocycles. The van der Waals surface area contributed by atoms with Crippen molar-refractivity contribution in [1.82, 2.24) is 19.4 Å². The summed E-state index contributed by atoms with van der Waals surface area (Å²) in [5.74, 6) is -0.0170. The molecule has 2 rings (SSSR count). The first-order valence-corrected chi connectivity index (χ1v) is 7.25. The van der Waals surface area contributed by atoms with Gasteiger partial charge in [-0.1, -0.05) is 0 Å². The number of rotatable bonds is 2. The molecule has 1 aliphatic heterocycles. The van der Waals surface area contributed by atoms with Crippen LogP contribution in [0.15, 0.2) is 11.1 Å². The Bertz CT molecular complexity index is 535. The Morgan fingerprint density at radius 3 is 2.63 bits per heavy atom. The average Bonchev–Trinajstić information content (AvgIpc) is 2.40. The van der Waals surface area contributed by atoms with E-state index in [9.17, 15) is 9.59 Å². The van der Waals surface area contributed by atoms with E-state index in [0.717, 1.165) is 26.2 Å². The van der Waals surface area contributed by atoms with Gasteiger partial charge in [0.25, 0.3) is 5.56 Å². The van der Waals surface area contributed by atoms with Gasteiger partial charge in [0.15, 0.2) is 0 Å². The van der Waals surface area contributed by atoms with Gasteiger partial charge in [-0.3, -0.25) is 14.2 Å². The maximum absolute atomic E-state index is 12.1. The monoisotopic (exact) mass is 376 g/mol. The highest BCUT2D eigenvalue weighted by atomic mass is 127. The zero-order valence-corrected chi connectivity index (χ0v) is 13.3. The van der Waals surface area contributed by atoms with Crippen LogP contribution < -0.4 is 5.56 Å². The Balaban J connectivity index is 2.07. The number of hydrogen-bond acceptors (Lipinski definition) is 4. The summed E-state index contributed by atoms with van der Waals surface area (Å²) in [6, 6.07) is 0. The molecule has 0 bridgehead atoms. The third-order valence-electron chi connectivity index (χ3n) is 3.32. The molecule has 0 atom stereocenters. The predicted molar refractivity (Wildman–Crippen MR) is 80.0 cm³/mol. The summed E-state index contributed by atoms with van der Waals surface area (Å²) in [4.78, 5) is 32.3. The standard InChI is InChI=1S/C12H17IN4O2/c1-9-11(13)12(19)17(8-14-9)7-10(18)16-5-3-15(2)4-6-16/h8H,3-7H2,1-2H3. The number of nitrogens with zero attached hydrogens (tertiary/aromatic N) is 4. The summed E-state index contributed by atoms with van der Waals surface area (Å²) in [6.45, 7) is 5.07. The average molecular weight is 376 g/mol. The van der Waals surface area contributed by atoms with E-state index in [2.05, 4.69) is 9.88 Å². The molecular weight excluding hydrogens is 359 g/mol. The van der Waals surface area contributed by atoms with Crippen LogP contribution in [0, 0.1) is 10.5 Å². The van der Waals surface area contributed by atoms with Gasteiger partial charge in [-0.25, -0.2) is 4.98 Å². The number of piperazine rings is 1. The Morgan fingerprint density at radius 2 is 2.00 bits per heavy atom. The SMILES string of the molecule is Cc1ncn(CC(=O)N2CCN(C)CC2)c(=O)c1I. The van der Waals surface area contributed by atoms with Crippen molar-refractivity contribution in [2.24, 2.45) is 0 Å². The fourth-order valence-corrected chi connectivity index (χ4v) is 2.41. The summed E-state index contributed by atoms with van der Waals surface area (Å²) < 4.78 is 1.96. The van der Waals surface area contributed by atoms with E-state index in [1.54, 1.807) is 11.8 Å². The van der Waals surface area contributed by atoms with Crippen LogP contribution in [0.5, 0.6) is 0 Å². The lowest BCUT2D eigenvalue weighted by Crippen LogP contribution is -2.48. The van der Waals surface area contributed by atoms with Gasteiger partial charge in [0.05, 0.1) is 15.6 Å². The topological polar surface area (TPSA) is 58.4 Å². The minimum absolute atomic E-state index is 0.0170. The summed E-state index contributed by atoms with van der Waals surface area (Å²) in [7, 11) is 2.04. The highest BCUT2D eigenvalue weighted by molar-refractivity contribution is 14.1. The second-order valence-corrected chi connectivity index (χ2v) is 5.84. The Hall–Kier alpha value is -0.960. The van der Waals surface area contributed by atoms with Gasteiger partial charge in [-0.2, -0.15) is 0 Å². The molecule has 19 heavy (non-hydrogen) atoms. The molecule has 1 amide bonds. The van der Waals surface area contributed by atoms with Gasteiger partial charge in [0.2, 0.25) is 5.91 Å². The molecule has 0 radical (unpaired) electrons. The lowest BCUT2D eigenvalue weighted by molar-refractivity contribution is -0.133. The van der Waals surface area contributed by atoms with Gasteiger partial charge in [0.1, 0.15) is 6.54 Å². The molecule has 0 aliphatic carbocycles. The number of likely N-dealkylation sites (N-methyl/N-ethyl adjacent to an activating group) is 1. The lowest BCUT2D eigenvalue weighted by Gasteiger charge is -2.32. The van der Waals surface area contributed by atoms with Gasteiger partial charge >= 0.3 is 0 Å². The summed E-state index contributed by atoms with van der Waals surface area (Å²) >= 11 is 1.97. The maximum atomic E-state index is 12.1. The summed E-state index contributed by atoms with van der Waals surface area (Å²) in [5, 5.41) is 0. The van der Waals surface area contributed by atoms with Crippen molar-refractivity contribution in [3.8, 4) is 0 Å². The number of halogens is 1. The Morgan fingerprint density at radius 1 is 1.37 bits per heavy atom. The zero-order chi connectivity index (χ0) is 14.0. The third-order valence-corrected chi connectivity index (χ3v) is 4.56. The van der Waals surface area contributed by atoms with Crippen molar-refractivity contribution >= 4 is 28.5 Å². The summed E-state index contributed by atoms with van der Waals surface area (Å²) in [5.41, 5.74) is 0.560. The van der Waals surface area contributed by atoms with Crippen molar-refractivity contribution in [1.29, 1.82) is 0 Å². The Kier molecular flexibility index (Phi) is 4.56. The maximum Gasteiger partial charge on any atom is 0.267 e. The second kappa shape index (κ2) is 6.00. The van der Waals surface area contributed by atoms with E-state index < -0.39 is 0 Å². The van der Waals surface area contributed by atoms with E-state index in [1.165, 1.54) is 10.9 Å². The molecule has 1 aromatic rings. The molecule has 0 unspecified atom stereocenters. The molecular formula is C12H17IN4O2. The molecule has 0 N–H and O–H groups in total. The van der Waals surface area contributed by atoms with Gasteiger partial charge < -0.3 is 9.80 Å². The fraction of sp³-hybridized carbons (Fsp3) is 0.583. The molecule has 1 aromatic heterocycles. The number of amides is 1. The van der Waals surface area contributed by atoms with E-state index in [-0.39, 0.29) is 18.0 Å². The fourth-order valence-electron chi connectivity index (χ4n) is 1.96. The van der Waals surface area contributed by atoms with Crippen molar-refractivity contribution in [2.45, 2.75) is 13.5 Å². The van der Waals surface area contributed by atoms with Crippen LogP contribution in [0.3, 0.4) is 0 Å². The summed E-state index contributed by atoms with van der Waals surface area (Å²) in [6.07, 6.45) is 1.45. The number of aryl methyl sites for hydroxylation is 1. The van der Waals surface area contributed by atoms with Crippen molar-refractivity contribution in [2.75, 3.05) is 33.2 Å². The minimum Gasteiger partial charge on any atom is -0.339 e. The molecule has 104 valence electrons. The molecule has 1 fully saturated rings. The highest BCUT2D eigenvalue weighted by Crippen LogP contribution is 2.03. The van der Waals surface area contributed by atoms with Gasteiger partial charge in [0, 0.05) is 26.2 Å². The van der Waals surface area contributed by atoms with Gasteiger partial charge in [-0.05, 0) is 36.6 Å². The van der Waals surface area contributed by atoms with E-state index in [1.807, 2.05) is 29.6 Å². The van der Waals surface area contributed by atoms with E-state index >= 15 is 0 Å². The first kappa shape index (κ1) is 14.4. The van der Waals surface area contributed by atoms with E-state index in [4.69, 9.17) is 0 Å². The Labute approximate surface area is 125 Å².